The van der Waals surface area contributed by atoms with Crippen molar-refractivity contribution in [3.8, 4) is 0 Å². The third-order valence-corrected chi connectivity index (χ3v) is 46.8. The van der Waals surface area contributed by atoms with E-state index in [0.717, 1.165) is 0 Å². The van der Waals surface area contributed by atoms with E-state index in [4.69, 9.17) is 80.8 Å². The second-order valence-corrected chi connectivity index (χ2v) is 52.8. The zero-order valence-corrected chi connectivity index (χ0v) is 76.6. The molecule has 50 heteroatoms. The average molecular weight is 1910 g/mol. The van der Waals surface area contributed by atoms with Crippen LogP contribution in [0.4, 0.5) is 0 Å². The highest BCUT2D eigenvalue weighted by molar-refractivity contribution is 7.90. The van der Waals surface area contributed by atoms with E-state index in [9.17, 15) is 96.7 Å². The second kappa shape index (κ2) is 28.6. The van der Waals surface area contributed by atoms with Crippen LogP contribution in [0.1, 0.15) is 142 Å². The van der Waals surface area contributed by atoms with E-state index in [1.165, 1.54) is 28.1 Å². The van der Waals surface area contributed by atoms with E-state index in [-0.39, 0.29) is 159 Å². The molecule has 42 nitrogen and oxygen atoms in total. The minimum atomic E-state index is -3.94. The fraction of sp³-hybridized carbons (Fsp3) is 0.945. The van der Waals surface area contributed by atoms with Gasteiger partial charge in [-0.3, -0.25) is 52.6 Å². The number of esters is 4. The molecule has 42 atom stereocenters. The summed E-state index contributed by atoms with van der Waals surface area (Å²) in [7, 11) is -26.2. The molecule has 0 saturated carbocycles. The monoisotopic (exact) mass is 1910 g/mol. The Hall–Kier alpha value is -3.24. The minimum absolute atomic E-state index is 0.0000520. The van der Waals surface area contributed by atoms with Crippen molar-refractivity contribution < 1.29 is 187 Å². The van der Waals surface area contributed by atoms with Gasteiger partial charge in [0.1, 0.15) is 157 Å². The van der Waals surface area contributed by atoms with Gasteiger partial charge in [-0.2, -0.15) is 67.3 Å². The predicted molar refractivity (Wildman–Crippen MR) is 408 cm³/mol. The Bertz CT molecular complexity index is 5370. The fourth-order valence-electron chi connectivity index (χ4n) is 25.2. The molecule has 0 radical (unpaired) electrons. The van der Waals surface area contributed by atoms with E-state index in [1.807, 2.05) is 69.2 Å². The highest BCUT2D eigenvalue weighted by Gasteiger charge is 2.84. The molecule has 24 fully saturated rings. The zero-order chi connectivity index (χ0) is 90.1. The van der Waals surface area contributed by atoms with E-state index in [2.05, 4.69) is 9.47 Å². The number of ether oxygens (including phenoxy) is 12. The first-order valence-electron chi connectivity index (χ1n) is 41.1. The van der Waals surface area contributed by atoms with Crippen molar-refractivity contribution in [2.24, 2.45) is 59.2 Å². The quantitative estimate of drug-likeness (QED) is 0.158. The summed E-state index contributed by atoms with van der Waals surface area (Å²) >= 11 is 0. The van der Waals surface area contributed by atoms with Crippen LogP contribution < -0.4 is 0 Å². The Morgan fingerprint density at radius 1 is 0.382 bits per heavy atom. The first-order valence-corrected chi connectivity index (χ1v) is 52.8. The average Bonchev–Trinajstić information content (AvgIpc) is 1.49. The van der Waals surface area contributed by atoms with Gasteiger partial charge in [-0.05, 0) is 47.0 Å². The van der Waals surface area contributed by atoms with Crippen molar-refractivity contribution in [1.82, 2.24) is 0 Å². The van der Waals surface area contributed by atoms with E-state index in [0.29, 0.717) is 19.3 Å². The molecule has 24 aliphatic heterocycles. The number of aliphatic hydroxyl groups is 2. The molecule has 24 heterocycles. The maximum absolute atomic E-state index is 12.2. The molecule has 0 aromatic rings. The molecule has 16 bridgehead atoms. The topological polar surface area (TPSA) is 566 Å². The van der Waals surface area contributed by atoms with Crippen molar-refractivity contribution in [1.29, 1.82) is 0 Å². The lowest BCUT2D eigenvalue weighted by Crippen LogP contribution is -2.52. The number of carbonyl (C=O) groups excluding carboxylic acids is 4. The lowest BCUT2D eigenvalue weighted by atomic mass is 9.73. The number of hydrogen-bond acceptors (Lipinski definition) is 42. The van der Waals surface area contributed by atoms with E-state index >= 15 is 0 Å². The summed E-state index contributed by atoms with van der Waals surface area (Å²) < 4.78 is 291. The van der Waals surface area contributed by atoms with Crippen LogP contribution in [0, 0.1) is 59.2 Å². The first-order chi connectivity index (χ1) is 56.7. The smallest absolute Gasteiger partial charge is 0.332 e. The molecule has 0 spiro atoms. The molecule has 24 aliphatic rings. The van der Waals surface area contributed by atoms with Gasteiger partial charge in [-0.15, -0.1) is 0 Å². The van der Waals surface area contributed by atoms with Gasteiger partial charge in [0.2, 0.25) is 4.75 Å². The number of rotatable bonds is 8. The third-order valence-electron chi connectivity index (χ3n) is 32.2. The molecular formula is C73H106O42S8. The minimum Gasteiger partial charge on any atom is -0.469 e. The molecule has 42 unspecified atom stereocenters. The van der Waals surface area contributed by atoms with Gasteiger partial charge < -0.3 is 67.1 Å². The van der Waals surface area contributed by atoms with Crippen LogP contribution in [-0.2, 0) is 190 Å². The molecular weight excluding hydrogens is 1810 g/mol. The normalized spacial score (nSPS) is 55.6. The van der Waals surface area contributed by atoms with Gasteiger partial charge in [-0.25, -0.2) is 0 Å². The van der Waals surface area contributed by atoms with Crippen LogP contribution in [0.2, 0.25) is 0 Å². The van der Waals surface area contributed by atoms with Crippen LogP contribution in [0.3, 0.4) is 0 Å². The molecule has 123 heavy (non-hydrogen) atoms. The standard InChI is InChI=1S/C13H18O8S.C9H14O6S.2C9H12O6S.C9H14O4S.3C8H12O4S/c1-7-11-13(6-19-9(3)15)10(22(16,17)20-11)4-12(7,21-13)5-18-8(2)14;1-5-7-9(4-11)6(16(12,13)14-7)2-8(5,3-10)15-9;1-4-5-3-9(8(10)13-2)7(14-5)6(4)15-16(9,11)12;1-3-5-4(9(10)13-2)8-7(14-5)6(3)15-16(8,11)12;1-5-7-9(3)6(14(10,11)12-7)4-8(5,2)13-9;1-4-5-3-8(2)7(11-5)6(4)12-13(8,9)10;1-4-5-3-6-8(2,11-5)7(4)12-13(6,9)10;1-3-5-4(2)8-7(11-5)6(3)12-13(8,9)10/h7,10-11H,4-6H2,1-3H3;5-7,10-11H,2-4H2,1H3;4-7H,3H2,1-2H3;3-8H,1-2H3;5-7H,4H2,1-3H3;2*4-7H,3H2,1-2H3;3-8H,1-2H3. The molecule has 0 aliphatic carbocycles. The highest BCUT2D eigenvalue weighted by atomic mass is 32.3. The number of hydrogen-bond donors (Lipinski definition) is 2. The molecule has 24 saturated heterocycles. The second-order valence-electron chi connectivity index (χ2n) is 38.5. The Morgan fingerprint density at radius 2 is 0.870 bits per heavy atom. The lowest BCUT2D eigenvalue weighted by Gasteiger charge is -2.31. The zero-order valence-electron chi connectivity index (χ0n) is 70.1. The maximum atomic E-state index is 12.2. The Kier molecular flexibility index (Phi) is 21.3. The van der Waals surface area contributed by atoms with Crippen LogP contribution in [0.5, 0.6) is 0 Å². The number of carbonyl (C=O) groups is 4. The summed E-state index contributed by atoms with van der Waals surface area (Å²) in [4.78, 5) is 45.5. The molecule has 0 aromatic heterocycles. The van der Waals surface area contributed by atoms with Gasteiger partial charge in [0.05, 0.1) is 69.2 Å². The number of methoxy groups -OCH3 is 2. The maximum Gasteiger partial charge on any atom is 0.332 e. The number of fused-ring (bicyclic) bond motifs is 8. The van der Waals surface area contributed by atoms with Crippen molar-refractivity contribution in [2.45, 2.75) is 326 Å². The van der Waals surface area contributed by atoms with Gasteiger partial charge in [-0.1, -0.05) is 62.3 Å². The third kappa shape index (κ3) is 12.4. The Morgan fingerprint density at radius 3 is 1.39 bits per heavy atom. The predicted octanol–water partition coefficient (Wildman–Crippen LogP) is -1.53. The Labute approximate surface area is 713 Å². The largest absolute Gasteiger partial charge is 0.469 e. The van der Waals surface area contributed by atoms with Crippen LogP contribution >= 0.6 is 0 Å². The van der Waals surface area contributed by atoms with E-state index in [1.54, 1.807) is 20.8 Å². The number of aliphatic hydroxyl groups excluding tert-OH is 2. The summed E-state index contributed by atoms with van der Waals surface area (Å²) in [6.45, 7) is 26.3. The molecule has 0 aromatic carbocycles. The highest BCUT2D eigenvalue weighted by Crippen LogP contribution is 2.67. The summed E-state index contributed by atoms with van der Waals surface area (Å²) in [6, 6.07) is 0. The van der Waals surface area contributed by atoms with Gasteiger partial charge in [0, 0.05) is 86.4 Å². The van der Waals surface area contributed by atoms with Crippen molar-refractivity contribution in [2.75, 3.05) is 40.6 Å². The summed E-state index contributed by atoms with van der Waals surface area (Å²) in [5.74, 6) is -2.79. The first kappa shape index (κ1) is 91.6. The lowest BCUT2D eigenvalue weighted by molar-refractivity contribution is -0.162. The SMILES string of the molecule is CC(=O)OCC12CC3C(COC(C)=O)(O1)C(OS3(=O)=O)C2C.CC1C2CC3(C)C(O2)C1OS3(=O)=O.CC1C2CC3C(C)(O2)C1OS3(=O)=O.CC1C2OC3C1OS(=O)(=O)C3C2C.CC1C2OS(=O)(=O)C3CC1(C)OC23C.CC1C2OS(=O)(=O)C3CC1(CO)OC23CO.COC(=O)C12CC3OC1C(OS2(=O)=O)C3C.COC(=O)C1C2OC3C(OS(=O)(=O)C31)C2C. The molecule has 2 N–H and O–H groups in total. The van der Waals surface area contributed by atoms with Crippen molar-refractivity contribution in [3.05, 3.63) is 0 Å². The fourth-order valence-corrected chi connectivity index (χ4v) is 40.6. The van der Waals surface area contributed by atoms with E-state index < -0.39 is 235 Å². The molecule has 24 rings (SSSR count). The van der Waals surface area contributed by atoms with Crippen molar-refractivity contribution in [3.63, 3.8) is 0 Å². The van der Waals surface area contributed by atoms with Gasteiger partial charge >= 0.3 is 23.9 Å². The summed E-state index contributed by atoms with van der Waals surface area (Å²) in [5.41, 5.74) is -5.67. The van der Waals surface area contributed by atoms with Crippen LogP contribution in [0.15, 0.2) is 0 Å². The van der Waals surface area contributed by atoms with Gasteiger partial charge in [0.15, 0.2) is 0 Å². The Balaban J connectivity index is 0.000000100. The summed E-state index contributed by atoms with van der Waals surface area (Å²) in [6.07, 6.45) is -3.10. The summed E-state index contributed by atoms with van der Waals surface area (Å²) in [5, 5.41) is 14.9. The van der Waals surface area contributed by atoms with Crippen LogP contribution in [0.25, 0.3) is 0 Å². The van der Waals surface area contributed by atoms with Gasteiger partial charge in [0.25, 0.3) is 80.9 Å². The molecule has 0 amide bonds. The van der Waals surface area contributed by atoms with Crippen LogP contribution in [-0.4, -0.2) is 326 Å². The molecule has 698 valence electrons. The van der Waals surface area contributed by atoms with Crippen molar-refractivity contribution >= 4 is 105 Å².